The molecule has 2 aromatic carbocycles. The molecular formula is C23H30IN3OS. The molecule has 0 N–H and O–H groups in total. The Morgan fingerprint density at radius 3 is 2.34 bits per heavy atom. The Bertz CT molecular complexity index is 1030. The van der Waals surface area contributed by atoms with E-state index < -0.39 is 0 Å². The Morgan fingerprint density at radius 2 is 1.72 bits per heavy atom. The molecule has 0 bridgehead atoms. The first-order chi connectivity index (χ1) is 13.4. The number of fused-ring (bicyclic) bond motifs is 2. The van der Waals surface area contributed by atoms with Crippen LogP contribution in [0.15, 0.2) is 24.3 Å². The highest BCUT2D eigenvalue weighted by Crippen LogP contribution is 2.35. The van der Waals surface area contributed by atoms with E-state index in [1.807, 2.05) is 11.3 Å². The lowest BCUT2D eigenvalue weighted by Crippen LogP contribution is -3.00. The molecule has 2 atom stereocenters. The van der Waals surface area contributed by atoms with Crippen LogP contribution in [0.5, 0.6) is 0 Å². The van der Waals surface area contributed by atoms with E-state index in [-0.39, 0.29) is 36.2 Å². The lowest BCUT2D eigenvalue weighted by molar-refractivity contribution is -0.00526. The van der Waals surface area contributed by atoms with E-state index in [2.05, 4.69) is 75.9 Å². The summed E-state index contributed by atoms with van der Waals surface area (Å²) in [5.74, 6) is 0. The predicted octanol–water partition coefficient (Wildman–Crippen LogP) is 2.29. The van der Waals surface area contributed by atoms with Crippen LogP contribution < -0.4 is 33.8 Å². The fourth-order valence-electron chi connectivity index (χ4n) is 4.13. The number of aromatic nitrogens is 1. The Morgan fingerprint density at radius 1 is 1.07 bits per heavy atom. The van der Waals surface area contributed by atoms with Crippen LogP contribution in [0, 0.1) is 6.92 Å². The molecule has 1 aromatic heterocycles. The first-order valence-electron chi connectivity index (χ1n) is 10.1. The van der Waals surface area contributed by atoms with Crippen LogP contribution in [-0.2, 0) is 11.2 Å². The van der Waals surface area contributed by atoms with Crippen molar-refractivity contribution in [2.75, 3.05) is 37.0 Å². The van der Waals surface area contributed by atoms with E-state index in [0.717, 1.165) is 30.5 Å². The van der Waals surface area contributed by atoms with Crippen molar-refractivity contribution in [2.24, 2.45) is 0 Å². The molecule has 2 heterocycles. The molecule has 1 fully saturated rings. The van der Waals surface area contributed by atoms with Gasteiger partial charge in [0.2, 0.25) is 11.3 Å². The molecule has 156 valence electrons. The van der Waals surface area contributed by atoms with Crippen molar-refractivity contribution in [2.45, 2.75) is 46.3 Å². The van der Waals surface area contributed by atoms with Crippen LogP contribution >= 0.6 is 11.3 Å². The molecular weight excluding hydrogens is 493 g/mol. The van der Waals surface area contributed by atoms with Crippen LogP contribution in [-0.4, -0.2) is 44.4 Å². The third-order valence-corrected chi connectivity index (χ3v) is 6.58. The zero-order valence-electron chi connectivity index (χ0n) is 18.1. The Balaban J connectivity index is 0.00000240. The largest absolute Gasteiger partial charge is 1.00 e. The number of rotatable bonds is 3. The smallest absolute Gasteiger partial charge is 0.259 e. The van der Waals surface area contributed by atoms with Crippen LogP contribution in [0.25, 0.3) is 20.4 Å². The van der Waals surface area contributed by atoms with Crippen LogP contribution in [0.4, 0.5) is 11.4 Å². The molecule has 4 nitrogen and oxygen atoms in total. The summed E-state index contributed by atoms with van der Waals surface area (Å²) in [7, 11) is 4.20. The lowest BCUT2D eigenvalue weighted by atomic mass is 10.1. The van der Waals surface area contributed by atoms with Crippen molar-refractivity contribution in [3.63, 3.8) is 0 Å². The Labute approximate surface area is 194 Å². The fourth-order valence-corrected chi connectivity index (χ4v) is 5.31. The number of hydrogen-bond acceptors (Lipinski definition) is 4. The molecule has 0 saturated carbocycles. The van der Waals surface area contributed by atoms with Gasteiger partial charge in [0, 0.05) is 50.7 Å². The van der Waals surface area contributed by atoms with E-state index in [0.29, 0.717) is 0 Å². The Hall–Kier alpha value is -1.25. The number of morpholine rings is 1. The monoisotopic (exact) mass is 523 g/mol. The summed E-state index contributed by atoms with van der Waals surface area (Å²) < 4.78 is 8.44. The second-order valence-corrected chi connectivity index (χ2v) is 9.27. The third-order valence-electron chi connectivity index (χ3n) is 5.51. The van der Waals surface area contributed by atoms with Crippen molar-refractivity contribution in [1.82, 2.24) is 4.98 Å². The van der Waals surface area contributed by atoms with Crippen LogP contribution in [0.3, 0.4) is 0 Å². The first-order valence-corrected chi connectivity index (χ1v) is 11.0. The minimum absolute atomic E-state index is 0. The SMILES string of the molecule is CCc1cc(N(C)C)cc2[s+]c3cc(N4CC(C)OC(C)C4)cc(C)c3nc12.[I-]. The number of benzene rings is 2. The van der Waals surface area contributed by atoms with Gasteiger partial charge < -0.3 is 38.5 Å². The maximum atomic E-state index is 5.92. The van der Waals surface area contributed by atoms with Gasteiger partial charge in [-0.05, 0) is 50.5 Å². The Kier molecular flexibility index (Phi) is 6.85. The first kappa shape index (κ1) is 22.4. The molecule has 0 radical (unpaired) electrons. The minimum Gasteiger partial charge on any atom is -1.00 e. The molecule has 0 spiro atoms. The summed E-state index contributed by atoms with van der Waals surface area (Å²) in [4.78, 5) is 9.74. The highest BCUT2D eigenvalue weighted by molar-refractivity contribution is 7.24. The summed E-state index contributed by atoms with van der Waals surface area (Å²) in [6.07, 6.45) is 1.50. The molecule has 1 aliphatic heterocycles. The highest BCUT2D eigenvalue weighted by Gasteiger charge is 2.25. The van der Waals surface area contributed by atoms with Crippen LogP contribution in [0.2, 0.25) is 0 Å². The average molecular weight is 523 g/mol. The van der Waals surface area contributed by atoms with Gasteiger partial charge in [-0.25, -0.2) is 4.98 Å². The second kappa shape index (κ2) is 8.86. The molecule has 6 heteroatoms. The van der Waals surface area contributed by atoms with Gasteiger partial charge in [-0.1, -0.05) is 6.92 Å². The van der Waals surface area contributed by atoms with Gasteiger partial charge in [-0.15, -0.1) is 0 Å². The predicted molar refractivity (Wildman–Crippen MR) is 122 cm³/mol. The highest BCUT2D eigenvalue weighted by atomic mass is 127. The number of anilines is 2. The van der Waals surface area contributed by atoms with Gasteiger partial charge in [0.25, 0.3) is 9.40 Å². The lowest BCUT2D eigenvalue weighted by Gasteiger charge is -2.36. The zero-order valence-corrected chi connectivity index (χ0v) is 21.1. The number of halogens is 1. The van der Waals surface area contributed by atoms with Gasteiger partial charge in [0.05, 0.1) is 12.2 Å². The van der Waals surface area contributed by atoms with Crippen LogP contribution in [0.1, 0.15) is 31.9 Å². The van der Waals surface area contributed by atoms with Crippen molar-refractivity contribution < 1.29 is 28.7 Å². The normalized spacial score (nSPS) is 19.4. The van der Waals surface area contributed by atoms with Crippen molar-refractivity contribution in [3.8, 4) is 0 Å². The standard InChI is InChI=1S/C23H30N3OS.HI/c1-7-17-9-18(25(5)6)10-21-23(17)24-22-14(2)8-19(11-20(22)28-21)26-12-15(3)27-16(4)13-26;/h8-11,15-16H,7,12-13H2,1-6H3;1H/q+1;/p-1. The van der Waals surface area contributed by atoms with E-state index in [1.54, 1.807) is 0 Å². The number of ether oxygens (including phenoxy) is 1. The quantitative estimate of drug-likeness (QED) is 0.300. The number of hydrogen-bond donors (Lipinski definition) is 0. The summed E-state index contributed by atoms with van der Waals surface area (Å²) in [6.45, 7) is 10.6. The minimum atomic E-state index is 0. The van der Waals surface area contributed by atoms with Gasteiger partial charge in [-0.3, -0.25) is 0 Å². The van der Waals surface area contributed by atoms with E-state index >= 15 is 0 Å². The van der Waals surface area contributed by atoms with Gasteiger partial charge in [-0.2, -0.15) is 0 Å². The van der Waals surface area contributed by atoms with Crippen molar-refractivity contribution in [3.05, 3.63) is 35.4 Å². The summed E-state index contributed by atoms with van der Waals surface area (Å²) >= 11 is 1.86. The second-order valence-electron chi connectivity index (χ2n) is 8.19. The topological polar surface area (TPSA) is 28.6 Å². The van der Waals surface area contributed by atoms with Gasteiger partial charge >= 0.3 is 0 Å². The van der Waals surface area contributed by atoms with E-state index in [1.165, 1.54) is 31.9 Å². The maximum Gasteiger partial charge on any atom is 0.259 e. The zero-order chi connectivity index (χ0) is 20.0. The maximum absolute atomic E-state index is 5.92. The van der Waals surface area contributed by atoms with E-state index in [4.69, 9.17) is 9.72 Å². The number of aryl methyl sites for hydroxylation is 2. The van der Waals surface area contributed by atoms with Crippen molar-refractivity contribution in [1.29, 1.82) is 0 Å². The van der Waals surface area contributed by atoms with E-state index in [9.17, 15) is 0 Å². The van der Waals surface area contributed by atoms with Gasteiger partial charge in [0.15, 0.2) is 0 Å². The number of nitrogens with zero attached hydrogens (tertiary/aromatic N) is 3. The van der Waals surface area contributed by atoms with Gasteiger partial charge in [0.1, 0.15) is 11.0 Å². The summed E-state index contributed by atoms with van der Waals surface area (Å²) in [5.41, 5.74) is 7.36. The molecule has 3 aromatic rings. The fraction of sp³-hybridized carbons (Fsp3) is 0.478. The molecule has 29 heavy (non-hydrogen) atoms. The average Bonchev–Trinajstić information content (AvgIpc) is 2.64. The summed E-state index contributed by atoms with van der Waals surface area (Å²) in [6, 6.07) is 9.15. The summed E-state index contributed by atoms with van der Waals surface area (Å²) in [5, 5.41) is 0. The molecule has 1 aliphatic rings. The molecule has 4 rings (SSSR count). The van der Waals surface area contributed by atoms with Crippen molar-refractivity contribution >= 4 is 43.1 Å². The molecule has 1 saturated heterocycles. The molecule has 0 amide bonds. The molecule has 0 aliphatic carbocycles. The molecule has 2 unspecified atom stereocenters. The third kappa shape index (κ3) is 4.44.